The summed E-state index contributed by atoms with van der Waals surface area (Å²) >= 11 is 0. The minimum atomic E-state index is 0.730. The van der Waals surface area contributed by atoms with Gasteiger partial charge in [0, 0.05) is 16.8 Å². The van der Waals surface area contributed by atoms with Crippen molar-refractivity contribution in [1.82, 2.24) is 9.55 Å². The van der Waals surface area contributed by atoms with E-state index >= 15 is 0 Å². The third-order valence-corrected chi connectivity index (χ3v) is 3.83. The summed E-state index contributed by atoms with van der Waals surface area (Å²) in [5.41, 5.74) is 4.58. The number of hydrogen-bond donors (Lipinski definition) is 1. The summed E-state index contributed by atoms with van der Waals surface area (Å²) in [7, 11) is 1.67. The van der Waals surface area contributed by atoms with Gasteiger partial charge in [-0.15, -0.1) is 0 Å². The Morgan fingerprint density at radius 2 is 1.90 bits per heavy atom. The number of imidazole rings is 1. The Labute approximate surface area is 123 Å². The Morgan fingerprint density at radius 1 is 1.10 bits per heavy atom. The minimum absolute atomic E-state index is 0.730. The molecule has 2 aromatic carbocycles. The SMILES string of the molecule is COc1ccc(-c2ncc3n2CNc2ccccc2-3)cc1. The summed E-state index contributed by atoms with van der Waals surface area (Å²) in [5, 5.41) is 3.44. The number of rotatable bonds is 2. The van der Waals surface area contributed by atoms with Gasteiger partial charge < -0.3 is 14.6 Å². The summed E-state index contributed by atoms with van der Waals surface area (Å²) < 4.78 is 7.40. The molecule has 1 aliphatic rings. The van der Waals surface area contributed by atoms with E-state index in [0.717, 1.165) is 35.2 Å². The molecule has 0 aliphatic carbocycles. The number of nitrogens with zero attached hydrogens (tertiary/aromatic N) is 2. The lowest BCUT2D eigenvalue weighted by molar-refractivity contribution is 0.415. The largest absolute Gasteiger partial charge is 0.497 e. The van der Waals surface area contributed by atoms with Crippen LogP contribution in [0.3, 0.4) is 0 Å². The molecular formula is C17H15N3O. The van der Waals surface area contributed by atoms with E-state index in [2.05, 4.69) is 33.1 Å². The van der Waals surface area contributed by atoms with E-state index in [9.17, 15) is 0 Å². The molecule has 4 rings (SSSR count). The Morgan fingerprint density at radius 3 is 2.71 bits per heavy atom. The van der Waals surface area contributed by atoms with Crippen LogP contribution in [0.1, 0.15) is 0 Å². The van der Waals surface area contributed by atoms with Crippen molar-refractivity contribution < 1.29 is 4.74 Å². The first-order valence-electron chi connectivity index (χ1n) is 6.90. The number of fused-ring (bicyclic) bond motifs is 3. The Hall–Kier alpha value is -2.75. The van der Waals surface area contributed by atoms with Crippen molar-refractivity contribution in [3.8, 4) is 28.4 Å². The second-order valence-electron chi connectivity index (χ2n) is 5.00. The van der Waals surface area contributed by atoms with Gasteiger partial charge in [0.05, 0.1) is 25.7 Å². The third kappa shape index (κ3) is 1.88. The van der Waals surface area contributed by atoms with E-state index in [1.807, 2.05) is 36.5 Å². The number of anilines is 1. The van der Waals surface area contributed by atoms with Crippen molar-refractivity contribution in [3.63, 3.8) is 0 Å². The van der Waals surface area contributed by atoms with Crippen molar-refractivity contribution in [2.75, 3.05) is 12.4 Å². The van der Waals surface area contributed by atoms with Crippen LogP contribution in [-0.2, 0) is 6.67 Å². The van der Waals surface area contributed by atoms with E-state index in [-0.39, 0.29) is 0 Å². The zero-order chi connectivity index (χ0) is 14.2. The highest BCUT2D eigenvalue weighted by Gasteiger charge is 2.19. The molecule has 1 aromatic heterocycles. The fourth-order valence-electron chi connectivity index (χ4n) is 2.75. The first-order chi connectivity index (χ1) is 10.4. The number of methoxy groups -OCH3 is 1. The molecular weight excluding hydrogens is 262 g/mol. The van der Waals surface area contributed by atoms with Crippen molar-refractivity contribution in [1.29, 1.82) is 0 Å². The lowest BCUT2D eigenvalue weighted by Gasteiger charge is -2.22. The van der Waals surface area contributed by atoms with E-state index in [1.165, 1.54) is 5.56 Å². The molecule has 21 heavy (non-hydrogen) atoms. The van der Waals surface area contributed by atoms with Crippen molar-refractivity contribution in [2.45, 2.75) is 6.67 Å². The normalized spacial score (nSPS) is 12.2. The number of hydrogen-bond acceptors (Lipinski definition) is 3. The topological polar surface area (TPSA) is 39.1 Å². The van der Waals surface area contributed by atoms with Gasteiger partial charge in [-0.3, -0.25) is 0 Å². The van der Waals surface area contributed by atoms with E-state index in [4.69, 9.17) is 4.74 Å². The van der Waals surface area contributed by atoms with Gasteiger partial charge >= 0.3 is 0 Å². The first-order valence-corrected chi connectivity index (χ1v) is 6.90. The molecule has 0 amide bonds. The zero-order valence-electron chi connectivity index (χ0n) is 11.7. The van der Waals surface area contributed by atoms with Gasteiger partial charge in [0.25, 0.3) is 0 Å². The monoisotopic (exact) mass is 277 g/mol. The number of ether oxygens (including phenoxy) is 1. The molecule has 1 aliphatic heterocycles. The van der Waals surface area contributed by atoms with Gasteiger partial charge in [-0.25, -0.2) is 4.98 Å². The van der Waals surface area contributed by atoms with Gasteiger partial charge in [0.2, 0.25) is 0 Å². The lowest BCUT2D eigenvalue weighted by Crippen LogP contribution is -2.15. The van der Waals surface area contributed by atoms with Gasteiger partial charge in [-0.05, 0) is 30.3 Å². The maximum atomic E-state index is 5.21. The van der Waals surface area contributed by atoms with Crippen LogP contribution in [0.25, 0.3) is 22.6 Å². The van der Waals surface area contributed by atoms with E-state index in [0.29, 0.717) is 0 Å². The average Bonchev–Trinajstić information content (AvgIpc) is 2.99. The molecule has 0 fully saturated rings. The standard InChI is InChI=1S/C17H15N3O/c1-21-13-8-6-12(7-9-13)17-18-10-16-14-4-2-3-5-15(14)19-11-20(16)17/h2-10,19H,11H2,1H3. The summed E-state index contributed by atoms with van der Waals surface area (Å²) in [6.07, 6.45) is 1.94. The maximum absolute atomic E-state index is 5.21. The van der Waals surface area contributed by atoms with Gasteiger partial charge in [0.15, 0.2) is 0 Å². The summed E-state index contributed by atoms with van der Waals surface area (Å²) in [6.45, 7) is 0.730. The fourth-order valence-corrected chi connectivity index (χ4v) is 2.75. The number of aromatic nitrogens is 2. The van der Waals surface area contributed by atoms with Crippen molar-refractivity contribution in [2.24, 2.45) is 0 Å². The molecule has 104 valence electrons. The van der Waals surface area contributed by atoms with Crippen LogP contribution >= 0.6 is 0 Å². The Kier molecular flexibility index (Phi) is 2.67. The molecule has 4 nitrogen and oxygen atoms in total. The molecule has 0 bridgehead atoms. The highest BCUT2D eigenvalue weighted by Crippen LogP contribution is 2.35. The number of nitrogens with one attached hydrogen (secondary N) is 1. The predicted octanol–water partition coefficient (Wildman–Crippen LogP) is 3.61. The molecule has 0 saturated carbocycles. The highest BCUT2D eigenvalue weighted by atomic mass is 16.5. The molecule has 4 heteroatoms. The minimum Gasteiger partial charge on any atom is -0.497 e. The Bertz CT molecular complexity index is 790. The van der Waals surface area contributed by atoms with Crippen LogP contribution in [0.4, 0.5) is 5.69 Å². The molecule has 0 radical (unpaired) electrons. The number of benzene rings is 2. The van der Waals surface area contributed by atoms with Gasteiger partial charge in [0.1, 0.15) is 11.6 Å². The zero-order valence-corrected chi connectivity index (χ0v) is 11.7. The van der Waals surface area contributed by atoms with E-state index < -0.39 is 0 Å². The van der Waals surface area contributed by atoms with Crippen LogP contribution in [-0.4, -0.2) is 16.7 Å². The van der Waals surface area contributed by atoms with Crippen molar-refractivity contribution in [3.05, 3.63) is 54.7 Å². The smallest absolute Gasteiger partial charge is 0.141 e. The van der Waals surface area contributed by atoms with Crippen LogP contribution in [0.5, 0.6) is 5.75 Å². The quantitative estimate of drug-likeness (QED) is 0.777. The highest BCUT2D eigenvalue weighted by molar-refractivity contribution is 5.79. The van der Waals surface area contributed by atoms with Crippen LogP contribution in [0, 0.1) is 0 Å². The third-order valence-electron chi connectivity index (χ3n) is 3.83. The fraction of sp³-hybridized carbons (Fsp3) is 0.118. The second kappa shape index (κ2) is 4.66. The average molecular weight is 277 g/mol. The van der Waals surface area contributed by atoms with Gasteiger partial charge in [-0.1, -0.05) is 18.2 Å². The van der Waals surface area contributed by atoms with Crippen LogP contribution < -0.4 is 10.1 Å². The van der Waals surface area contributed by atoms with Crippen LogP contribution in [0.2, 0.25) is 0 Å². The molecule has 3 aromatic rings. The predicted molar refractivity (Wildman–Crippen MR) is 83.3 cm³/mol. The molecule has 1 N–H and O–H groups in total. The molecule has 0 spiro atoms. The number of para-hydroxylation sites is 1. The molecule has 0 atom stereocenters. The second-order valence-corrected chi connectivity index (χ2v) is 5.00. The lowest BCUT2D eigenvalue weighted by atomic mass is 10.1. The Balaban J connectivity index is 1.82. The van der Waals surface area contributed by atoms with Crippen LogP contribution in [0.15, 0.2) is 54.7 Å². The molecule has 0 unspecified atom stereocenters. The summed E-state index contributed by atoms with van der Waals surface area (Å²) in [5.74, 6) is 1.82. The summed E-state index contributed by atoms with van der Waals surface area (Å²) in [6, 6.07) is 16.3. The van der Waals surface area contributed by atoms with Crippen molar-refractivity contribution >= 4 is 5.69 Å². The molecule has 0 saturated heterocycles. The maximum Gasteiger partial charge on any atom is 0.141 e. The summed E-state index contributed by atoms with van der Waals surface area (Å²) in [4.78, 5) is 4.60. The van der Waals surface area contributed by atoms with E-state index in [1.54, 1.807) is 7.11 Å². The first kappa shape index (κ1) is 12.0. The van der Waals surface area contributed by atoms with Gasteiger partial charge in [-0.2, -0.15) is 0 Å². The molecule has 2 heterocycles.